The summed E-state index contributed by atoms with van der Waals surface area (Å²) in [4.78, 5) is 0. The zero-order chi connectivity index (χ0) is 14.4. The van der Waals surface area contributed by atoms with Crippen molar-refractivity contribution in [2.45, 2.75) is 0 Å². The first-order valence-corrected chi connectivity index (χ1v) is 8.04. The molecule has 2 rings (SSSR count). The van der Waals surface area contributed by atoms with Crippen LogP contribution in [0, 0.1) is 11.8 Å². The number of allylic oxidation sites excluding steroid dienone is 1. The van der Waals surface area contributed by atoms with Gasteiger partial charge in [-0.3, -0.25) is 0 Å². The van der Waals surface area contributed by atoms with E-state index in [9.17, 15) is 8.42 Å². The summed E-state index contributed by atoms with van der Waals surface area (Å²) in [7, 11) is -3.24. The molecule has 2 aromatic rings. The molecule has 0 aliphatic heterocycles. The van der Waals surface area contributed by atoms with E-state index in [-0.39, 0.29) is 0 Å². The maximum absolute atomic E-state index is 11.5. The lowest BCUT2D eigenvalue weighted by Crippen LogP contribution is -1.92. The Bertz CT molecular complexity index is 762. The van der Waals surface area contributed by atoms with E-state index in [2.05, 4.69) is 11.8 Å². The predicted molar refractivity (Wildman–Crippen MR) is 82.6 cm³/mol. The van der Waals surface area contributed by atoms with Gasteiger partial charge in [0.1, 0.15) is 0 Å². The molecule has 0 amide bonds. The molecule has 0 aliphatic rings. The summed E-state index contributed by atoms with van der Waals surface area (Å²) in [6.45, 7) is 0. The molecule has 0 unspecified atom stereocenters. The first kappa shape index (κ1) is 14.1. The maximum atomic E-state index is 11.5. The van der Waals surface area contributed by atoms with Crippen LogP contribution in [0.2, 0.25) is 0 Å². The van der Waals surface area contributed by atoms with Crippen molar-refractivity contribution in [1.29, 1.82) is 0 Å². The zero-order valence-electron chi connectivity index (χ0n) is 11.1. The fraction of sp³-hybridized carbons (Fsp3) is 0.0588. The smallest absolute Gasteiger partial charge is 0.169 e. The third kappa shape index (κ3) is 4.42. The number of rotatable bonds is 2. The Balaban J connectivity index is 2.45. The molecule has 0 spiro atoms. The molecule has 0 heterocycles. The number of hydrogen-bond donors (Lipinski definition) is 0. The van der Waals surface area contributed by atoms with E-state index in [0.717, 1.165) is 11.1 Å². The van der Waals surface area contributed by atoms with Crippen LogP contribution in [0.25, 0.3) is 5.57 Å². The molecule has 3 heteroatoms. The first-order chi connectivity index (χ1) is 9.54. The van der Waals surface area contributed by atoms with Gasteiger partial charge in [0.25, 0.3) is 0 Å². The highest BCUT2D eigenvalue weighted by Crippen LogP contribution is 2.14. The van der Waals surface area contributed by atoms with Crippen LogP contribution in [0.3, 0.4) is 0 Å². The van der Waals surface area contributed by atoms with Crippen molar-refractivity contribution in [2.75, 3.05) is 6.26 Å². The lowest BCUT2D eigenvalue weighted by Gasteiger charge is -1.99. The Morgan fingerprint density at radius 1 is 0.950 bits per heavy atom. The number of sulfone groups is 1. The maximum Gasteiger partial charge on any atom is 0.169 e. The van der Waals surface area contributed by atoms with Gasteiger partial charge in [-0.15, -0.1) is 0 Å². The van der Waals surface area contributed by atoms with Crippen molar-refractivity contribution in [3.05, 3.63) is 77.2 Å². The Morgan fingerprint density at radius 2 is 1.50 bits per heavy atom. The lowest BCUT2D eigenvalue weighted by atomic mass is 10.1. The summed E-state index contributed by atoms with van der Waals surface area (Å²) in [5.74, 6) is 5.92. The van der Waals surface area contributed by atoms with Crippen molar-refractivity contribution < 1.29 is 8.42 Å². The highest BCUT2D eigenvalue weighted by molar-refractivity contribution is 7.93. The molecule has 0 fully saturated rings. The number of benzene rings is 2. The van der Waals surface area contributed by atoms with Gasteiger partial charge in [0.05, 0.1) is 0 Å². The Hall–Kier alpha value is -2.31. The standard InChI is InChI=1S/C17H14O2S/c1-20(18,19)14-17(16-10-6-3-7-11-16)13-12-15-8-4-2-5-9-15/h2-11,14H,1H3/b17-14+. The SMILES string of the molecule is CS(=O)(=O)/C=C(\C#Cc1ccccc1)c1ccccc1. The van der Waals surface area contributed by atoms with Crippen molar-refractivity contribution in [3.8, 4) is 11.8 Å². The molecular formula is C17H14O2S. The highest BCUT2D eigenvalue weighted by atomic mass is 32.2. The molecule has 2 nitrogen and oxygen atoms in total. The predicted octanol–water partition coefficient (Wildman–Crippen LogP) is 3.12. The molecule has 0 aliphatic carbocycles. The summed E-state index contributed by atoms with van der Waals surface area (Å²) in [5, 5.41) is 1.21. The van der Waals surface area contributed by atoms with Crippen LogP contribution in [-0.4, -0.2) is 14.7 Å². The van der Waals surface area contributed by atoms with Crippen LogP contribution in [0.4, 0.5) is 0 Å². The number of hydrogen-bond acceptors (Lipinski definition) is 2. The molecule has 0 aromatic heterocycles. The molecular weight excluding hydrogens is 268 g/mol. The van der Waals surface area contributed by atoms with Gasteiger partial charge in [-0.2, -0.15) is 0 Å². The van der Waals surface area contributed by atoms with Gasteiger partial charge in [0.15, 0.2) is 9.84 Å². The van der Waals surface area contributed by atoms with Gasteiger partial charge in [0, 0.05) is 22.8 Å². The third-order valence-corrected chi connectivity index (χ3v) is 3.20. The fourth-order valence-corrected chi connectivity index (χ4v) is 2.29. The van der Waals surface area contributed by atoms with Gasteiger partial charge >= 0.3 is 0 Å². The monoisotopic (exact) mass is 282 g/mol. The van der Waals surface area contributed by atoms with Crippen LogP contribution in [0.5, 0.6) is 0 Å². The minimum absolute atomic E-state index is 0.497. The van der Waals surface area contributed by atoms with Crippen molar-refractivity contribution in [1.82, 2.24) is 0 Å². The quantitative estimate of drug-likeness (QED) is 0.793. The van der Waals surface area contributed by atoms with Gasteiger partial charge in [0.2, 0.25) is 0 Å². The summed E-state index contributed by atoms with van der Waals surface area (Å²) in [5.41, 5.74) is 2.14. The molecule has 0 saturated carbocycles. The summed E-state index contributed by atoms with van der Waals surface area (Å²) in [6.07, 6.45) is 1.17. The van der Waals surface area contributed by atoms with Gasteiger partial charge in [-0.25, -0.2) is 8.42 Å². The van der Waals surface area contributed by atoms with Gasteiger partial charge in [-0.1, -0.05) is 60.4 Å². The summed E-state index contributed by atoms with van der Waals surface area (Å²) >= 11 is 0. The molecule has 0 atom stereocenters. The van der Waals surface area contributed by atoms with Gasteiger partial charge in [-0.05, 0) is 17.7 Å². The summed E-state index contributed by atoms with van der Waals surface area (Å²) in [6, 6.07) is 18.8. The second-order valence-corrected chi connectivity index (χ2v) is 6.24. The minimum Gasteiger partial charge on any atom is -0.225 e. The van der Waals surface area contributed by atoms with E-state index in [0.29, 0.717) is 5.57 Å². The van der Waals surface area contributed by atoms with Crippen LogP contribution >= 0.6 is 0 Å². The van der Waals surface area contributed by atoms with Crippen LogP contribution in [0.1, 0.15) is 11.1 Å². The van der Waals surface area contributed by atoms with E-state index < -0.39 is 9.84 Å². The molecule has 0 bridgehead atoms. The topological polar surface area (TPSA) is 34.1 Å². The first-order valence-electron chi connectivity index (χ1n) is 6.09. The zero-order valence-corrected chi connectivity index (χ0v) is 11.9. The van der Waals surface area contributed by atoms with E-state index in [4.69, 9.17) is 0 Å². The van der Waals surface area contributed by atoms with Crippen LogP contribution in [-0.2, 0) is 9.84 Å². The average molecular weight is 282 g/mol. The summed E-state index contributed by atoms with van der Waals surface area (Å²) < 4.78 is 23.0. The van der Waals surface area contributed by atoms with Crippen molar-refractivity contribution in [2.24, 2.45) is 0 Å². The van der Waals surface area contributed by atoms with Crippen molar-refractivity contribution >= 4 is 15.4 Å². The molecule has 0 N–H and O–H groups in total. The normalized spacial score (nSPS) is 11.6. The highest BCUT2D eigenvalue weighted by Gasteiger charge is 2.03. The molecule has 20 heavy (non-hydrogen) atoms. The van der Waals surface area contributed by atoms with Crippen LogP contribution < -0.4 is 0 Å². The Morgan fingerprint density at radius 3 is 2.05 bits per heavy atom. The van der Waals surface area contributed by atoms with E-state index in [1.54, 1.807) is 0 Å². The lowest BCUT2D eigenvalue weighted by molar-refractivity contribution is 0.610. The van der Waals surface area contributed by atoms with Crippen LogP contribution in [0.15, 0.2) is 66.1 Å². The molecule has 0 saturated heterocycles. The minimum atomic E-state index is -3.24. The second-order valence-electron chi connectivity index (χ2n) is 4.34. The molecule has 100 valence electrons. The van der Waals surface area contributed by atoms with E-state index >= 15 is 0 Å². The average Bonchev–Trinajstić information content (AvgIpc) is 2.44. The van der Waals surface area contributed by atoms with E-state index in [1.807, 2.05) is 60.7 Å². The fourth-order valence-electron chi connectivity index (χ4n) is 1.66. The molecule has 0 radical (unpaired) electrons. The Kier molecular flexibility index (Phi) is 4.39. The largest absolute Gasteiger partial charge is 0.225 e. The van der Waals surface area contributed by atoms with E-state index in [1.165, 1.54) is 11.7 Å². The van der Waals surface area contributed by atoms with Gasteiger partial charge < -0.3 is 0 Å². The second kappa shape index (κ2) is 6.23. The van der Waals surface area contributed by atoms with Crippen molar-refractivity contribution in [3.63, 3.8) is 0 Å². The molecule has 2 aromatic carbocycles. The third-order valence-electron chi connectivity index (χ3n) is 2.53. The Labute approximate surface area is 119 Å².